The largest absolute Gasteiger partial charge is 0.314 e. The molecule has 108 valence electrons. The highest BCUT2D eigenvalue weighted by molar-refractivity contribution is 4.96. The van der Waals surface area contributed by atoms with Crippen LogP contribution in [0.15, 0.2) is 0 Å². The van der Waals surface area contributed by atoms with Crippen molar-refractivity contribution < 1.29 is 0 Å². The highest BCUT2D eigenvalue weighted by atomic mass is 15.2. The molecule has 1 N–H and O–H groups in total. The van der Waals surface area contributed by atoms with Crippen LogP contribution in [0, 0.1) is 23.7 Å². The predicted octanol–water partition coefficient (Wildman–Crippen LogP) is 2.89. The molecule has 2 heteroatoms. The monoisotopic (exact) mass is 262 g/mol. The summed E-state index contributed by atoms with van der Waals surface area (Å²) in [6, 6.07) is 1.75. The Bertz CT molecular complexity index is 325. The Labute approximate surface area is 118 Å². The number of rotatable bonds is 5. The van der Waals surface area contributed by atoms with E-state index < -0.39 is 0 Å². The third kappa shape index (κ3) is 2.58. The Balaban J connectivity index is 1.28. The second-order valence-corrected chi connectivity index (χ2v) is 7.91. The summed E-state index contributed by atoms with van der Waals surface area (Å²) >= 11 is 0. The van der Waals surface area contributed by atoms with Gasteiger partial charge in [-0.2, -0.15) is 0 Å². The topological polar surface area (TPSA) is 15.3 Å². The fourth-order valence-electron chi connectivity index (χ4n) is 5.18. The molecule has 4 fully saturated rings. The van der Waals surface area contributed by atoms with Crippen molar-refractivity contribution >= 4 is 0 Å². The van der Waals surface area contributed by atoms with Crippen molar-refractivity contribution in [3.05, 3.63) is 0 Å². The lowest BCUT2D eigenvalue weighted by Crippen LogP contribution is -2.39. The van der Waals surface area contributed by atoms with E-state index in [1.165, 1.54) is 38.9 Å². The lowest BCUT2D eigenvalue weighted by Gasteiger charge is -2.34. The number of hydrogen-bond donors (Lipinski definition) is 1. The molecular weight excluding hydrogens is 232 g/mol. The normalized spacial score (nSPS) is 44.1. The van der Waals surface area contributed by atoms with Crippen LogP contribution in [-0.2, 0) is 0 Å². The zero-order valence-corrected chi connectivity index (χ0v) is 12.5. The molecule has 0 radical (unpaired) electrons. The van der Waals surface area contributed by atoms with Gasteiger partial charge in [-0.15, -0.1) is 0 Å². The summed E-state index contributed by atoms with van der Waals surface area (Å²) in [5.41, 5.74) is 0. The first kappa shape index (κ1) is 12.6. The van der Waals surface area contributed by atoms with Gasteiger partial charge >= 0.3 is 0 Å². The molecule has 3 aliphatic carbocycles. The number of hydrogen-bond acceptors (Lipinski definition) is 2. The summed E-state index contributed by atoms with van der Waals surface area (Å²) in [5, 5.41) is 3.73. The van der Waals surface area contributed by atoms with Crippen molar-refractivity contribution in [1.82, 2.24) is 10.2 Å². The Hall–Kier alpha value is -0.0800. The lowest BCUT2D eigenvalue weighted by atomic mass is 9.83. The minimum absolute atomic E-state index is 0.862. The zero-order valence-electron chi connectivity index (χ0n) is 12.5. The molecule has 3 saturated carbocycles. The van der Waals surface area contributed by atoms with Gasteiger partial charge in [0.2, 0.25) is 0 Å². The summed E-state index contributed by atoms with van der Waals surface area (Å²) in [6.07, 6.45) is 10.5. The van der Waals surface area contributed by atoms with Crippen LogP contribution in [0.3, 0.4) is 0 Å². The van der Waals surface area contributed by atoms with Gasteiger partial charge in [-0.1, -0.05) is 6.42 Å². The molecule has 4 aliphatic rings. The van der Waals surface area contributed by atoms with Crippen molar-refractivity contribution in [2.24, 2.45) is 23.7 Å². The zero-order chi connectivity index (χ0) is 12.8. The maximum Gasteiger partial charge on any atom is 0.00980 e. The molecule has 2 nitrogen and oxygen atoms in total. The van der Waals surface area contributed by atoms with Gasteiger partial charge in [-0.3, -0.25) is 0 Å². The smallest absolute Gasteiger partial charge is 0.00980 e. The SMILES string of the molecule is CC(C1CC2CCC1C2)N1CCC(CNC2CC2)C1. The maximum absolute atomic E-state index is 3.73. The molecule has 4 rings (SSSR count). The highest BCUT2D eigenvalue weighted by Gasteiger charge is 2.44. The van der Waals surface area contributed by atoms with Crippen molar-refractivity contribution in [3.63, 3.8) is 0 Å². The fraction of sp³-hybridized carbons (Fsp3) is 1.00. The van der Waals surface area contributed by atoms with Crippen molar-refractivity contribution in [3.8, 4) is 0 Å². The molecule has 1 aliphatic heterocycles. The second kappa shape index (κ2) is 5.04. The third-order valence-electron chi connectivity index (χ3n) is 6.58. The lowest BCUT2D eigenvalue weighted by molar-refractivity contribution is 0.140. The van der Waals surface area contributed by atoms with E-state index >= 15 is 0 Å². The summed E-state index contributed by atoms with van der Waals surface area (Å²) in [4.78, 5) is 2.82. The van der Waals surface area contributed by atoms with Crippen molar-refractivity contribution in [2.45, 2.75) is 64.0 Å². The number of fused-ring (bicyclic) bond motifs is 2. The number of nitrogens with zero attached hydrogens (tertiary/aromatic N) is 1. The van der Waals surface area contributed by atoms with E-state index in [2.05, 4.69) is 17.1 Å². The van der Waals surface area contributed by atoms with Crippen molar-refractivity contribution in [2.75, 3.05) is 19.6 Å². The number of nitrogens with one attached hydrogen (secondary N) is 1. The molecule has 0 aromatic carbocycles. The van der Waals surface area contributed by atoms with Gasteiger partial charge in [0.1, 0.15) is 0 Å². The molecule has 1 heterocycles. The average Bonchev–Trinajstić information content (AvgIpc) is 2.86. The van der Waals surface area contributed by atoms with Gasteiger partial charge in [0.15, 0.2) is 0 Å². The van der Waals surface area contributed by atoms with Crippen LogP contribution < -0.4 is 5.32 Å². The van der Waals surface area contributed by atoms with Gasteiger partial charge < -0.3 is 10.2 Å². The summed E-state index contributed by atoms with van der Waals surface area (Å²) in [7, 11) is 0. The van der Waals surface area contributed by atoms with E-state index in [9.17, 15) is 0 Å². The van der Waals surface area contributed by atoms with Crippen molar-refractivity contribution in [1.29, 1.82) is 0 Å². The molecule has 0 aromatic heterocycles. The average molecular weight is 262 g/mol. The molecule has 0 spiro atoms. The van der Waals surface area contributed by atoms with Crippen LogP contribution in [0.5, 0.6) is 0 Å². The van der Waals surface area contributed by atoms with Gasteiger partial charge in [0.05, 0.1) is 0 Å². The molecule has 1 saturated heterocycles. The van der Waals surface area contributed by atoms with Gasteiger partial charge in [0.25, 0.3) is 0 Å². The van der Waals surface area contributed by atoms with E-state index in [-0.39, 0.29) is 0 Å². The van der Waals surface area contributed by atoms with E-state index in [0.29, 0.717) is 0 Å². The summed E-state index contributed by atoms with van der Waals surface area (Å²) in [5.74, 6) is 4.16. The second-order valence-electron chi connectivity index (χ2n) is 7.91. The maximum atomic E-state index is 3.73. The van der Waals surface area contributed by atoms with Crippen LogP contribution in [0.1, 0.15) is 51.9 Å². The van der Waals surface area contributed by atoms with Crippen LogP contribution in [0.4, 0.5) is 0 Å². The Morgan fingerprint density at radius 3 is 2.68 bits per heavy atom. The Kier molecular flexibility index (Phi) is 3.35. The molecular formula is C17H30N2. The van der Waals surface area contributed by atoms with E-state index in [0.717, 1.165) is 35.8 Å². The fourth-order valence-corrected chi connectivity index (χ4v) is 5.18. The van der Waals surface area contributed by atoms with Crippen LogP contribution >= 0.6 is 0 Å². The molecule has 19 heavy (non-hydrogen) atoms. The Morgan fingerprint density at radius 1 is 1.11 bits per heavy atom. The van der Waals surface area contributed by atoms with E-state index in [4.69, 9.17) is 0 Å². The minimum atomic E-state index is 0.862. The molecule has 2 bridgehead atoms. The summed E-state index contributed by atoms with van der Waals surface area (Å²) < 4.78 is 0. The Morgan fingerprint density at radius 2 is 2.00 bits per heavy atom. The minimum Gasteiger partial charge on any atom is -0.314 e. The van der Waals surface area contributed by atoms with Gasteiger partial charge in [-0.05, 0) is 82.2 Å². The molecule has 5 atom stereocenters. The molecule has 0 aromatic rings. The quantitative estimate of drug-likeness (QED) is 0.819. The van der Waals surface area contributed by atoms with E-state index in [1.807, 2.05) is 0 Å². The predicted molar refractivity (Wildman–Crippen MR) is 79.1 cm³/mol. The first-order chi connectivity index (χ1) is 9.29. The van der Waals surface area contributed by atoms with Crippen LogP contribution in [0.25, 0.3) is 0 Å². The first-order valence-corrected chi connectivity index (χ1v) is 8.77. The number of likely N-dealkylation sites (tertiary alicyclic amines) is 1. The van der Waals surface area contributed by atoms with Gasteiger partial charge in [0, 0.05) is 18.6 Å². The van der Waals surface area contributed by atoms with Gasteiger partial charge in [-0.25, -0.2) is 0 Å². The van der Waals surface area contributed by atoms with Crippen LogP contribution in [0.2, 0.25) is 0 Å². The molecule has 0 amide bonds. The highest BCUT2D eigenvalue weighted by Crippen LogP contribution is 2.50. The third-order valence-corrected chi connectivity index (χ3v) is 6.58. The summed E-state index contributed by atoms with van der Waals surface area (Å²) in [6.45, 7) is 6.55. The van der Waals surface area contributed by atoms with E-state index in [1.54, 1.807) is 25.7 Å². The van der Waals surface area contributed by atoms with Crippen LogP contribution in [-0.4, -0.2) is 36.6 Å². The first-order valence-electron chi connectivity index (χ1n) is 8.77. The standard InChI is InChI=1S/C17H30N2/c1-12(17-9-13-2-3-15(17)8-13)19-7-6-14(11-19)10-18-16-4-5-16/h12-18H,2-11H2,1H3. The molecule has 5 unspecified atom stereocenters.